The molecule has 7 nitrogen and oxygen atoms in total. The van der Waals surface area contributed by atoms with Crippen molar-refractivity contribution in [1.82, 2.24) is 25.5 Å². The molecule has 1 amide bonds. The maximum atomic E-state index is 12.6. The number of carbonyl (C=O) groups is 1. The second-order valence-electron chi connectivity index (χ2n) is 6.89. The predicted octanol–water partition coefficient (Wildman–Crippen LogP) is 0.771. The van der Waals surface area contributed by atoms with Gasteiger partial charge in [0.25, 0.3) is 5.91 Å². The van der Waals surface area contributed by atoms with Gasteiger partial charge in [0.15, 0.2) is 0 Å². The molecule has 0 spiro atoms. The third-order valence-electron chi connectivity index (χ3n) is 5.03. The van der Waals surface area contributed by atoms with E-state index in [9.17, 15) is 4.79 Å². The molecule has 1 saturated heterocycles. The second kappa shape index (κ2) is 8.09. The van der Waals surface area contributed by atoms with Gasteiger partial charge in [-0.05, 0) is 34.2 Å². The average Bonchev–Trinajstić information content (AvgIpc) is 3.41. The van der Waals surface area contributed by atoms with Crippen LogP contribution in [-0.2, 0) is 13.1 Å². The molecular formula is C20H23N6O+. The first kappa shape index (κ1) is 17.4. The molecule has 4 rings (SSSR count). The lowest BCUT2D eigenvalue weighted by Crippen LogP contribution is -3.08. The van der Waals surface area contributed by atoms with Crippen LogP contribution in [0, 0.1) is 0 Å². The van der Waals surface area contributed by atoms with Gasteiger partial charge < -0.3 is 10.2 Å². The van der Waals surface area contributed by atoms with Crippen molar-refractivity contribution in [2.45, 2.75) is 25.9 Å². The third kappa shape index (κ3) is 4.20. The lowest BCUT2D eigenvalue weighted by molar-refractivity contribution is -0.901. The van der Waals surface area contributed by atoms with E-state index in [1.165, 1.54) is 48.1 Å². The monoisotopic (exact) mass is 363 g/mol. The summed E-state index contributed by atoms with van der Waals surface area (Å²) in [6, 6.07) is 15.6. The van der Waals surface area contributed by atoms with Crippen LogP contribution in [-0.4, -0.2) is 39.2 Å². The van der Waals surface area contributed by atoms with E-state index in [-0.39, 0.29) is 5.91 Å². The normalized spacial score (nSPS) is 14.4. The van der Waals surface area contributed by atoms with Gasteiger partial charge in [-0.15, -0.1) is 5.10 Å². The molecule has 27 heavy (non-hydrogen) atoms. The van der Waals surface area contributed by atoms with E-state index in [1.54, 1.807) is 17.0 Å². The van der Waals surface area contributed by atoms with Crippen molar-refractivity contribution in [3.05, 3.63) is 71.5 Å². The Labute approximate surface area is 158 Å². The summed E-state index contributed by atoms with van der Waals surface area (Å²) in [6.45, 7) is 4.04. The highest BCUT2D eigenvalue weighted by atomic mass is 16.1. The maximum absolute atomic E-state index is 12.6. The fourth-order valence-electron chi connectivity index (χ4n) is 3.57. The molecule has 1 fully saturated rings. The van der Waals surface area contributed by atoms with Gasteiger partial charge in [-0.2, -0.15) is 0 Å². The lowest BCUT2D eigenvalue weighted by atomic mass is 10.1. The summed E-state index contributed by atoms with van der Waals surface area (Å²) in [4.78, 5) is 14.2. The van der Waals surface area contributed by atoms with Crippen LogP contribution in [0.15, 0.2) is 54.9 Å². The average molecular weight is 363 g/mol. The van der Waals surface area contributed by atoms with E-state index >= 15 is 0 Å². The summed E-state index contributed by atoms with van der Waals surface area (Å²) in [6.07, 6.45) is 4.13. The number of quaternary nitrogens is 1. The van der Waals surface area contributed by atoms with E-state index in [0.29, 0.717) is 12.1 Å². The summed E-state index contributed by atoms with van der Waals surface area (Å²) in [5.74, 6) is -0.103. The molecule has 2 heterocycles. The number of hydrogen-bond acceptors (Lipinski definition) is 4. The Hall–Kier alpha value is -3.06. The molecule has 3 aromatic rings. The van der Waals surface area contributed by atoms with Gasteiger partial charge in [0, 0.05) is 30.5 Å². The zero-order chi connectivity index (χ0) is 18.5. The van der Waals surface area contributed by atoms with Crippen molar-refractivity contribution in [1.29, 1.82) is 0 Å². The minimum atomic E-state index is -0.103. The second-order valence-corrected chi connectivity index (χ2v) is 6.89. The number of carbonyl (C=O) groups excluding carboxylic acids is 1. The molecule has 138 valence electrons. The number of likely N-dealkylation sites (tertiary alicyclic amines) is 1. The standard InChI is InChI=1S/C20H22N6O/c27-20(16-8-5-9-19(12-16)26-15-22-23-24-26)21-13-17-6-1-2-7-18(17)14-25-10-3-4-11-25/h1-2,5-9,12,15H,3-4,10-11,13-14H2,(H,21,27)/p+1. The summed E-state index contributed by atoms with van der Waals surface area (Å²) in [5.41, 5.74) is 3.84. The summed E-state index contributed by atoms with van der Waals surface area (Å²) < 4.78 is 1.53. The van der Waals surface area contributed by atoms with Crippen LogP contribution in [0.4, 0.5) is 0 Å². The molecular weight excluding hydrogens is 340 g/mol. The largest absolute Gasteiger partial charge is 0.348 e. The number of hydrogen-bond donors (Lipinski definition) is 2. The highest BCUT2D eigenvalue weighted by Gasteiger charge is 2.17. The molecule has 0 aliphatic carbocycles. The Morgan fingerprint density at radius 3 is 2.67 bits per heavy atom. The number of tetrazole rings is 1. The zero-order valence-electron chi connectivity index (χ0n) is 15.1. The van der Waals surface area contributed by atoms with Crippen LogP contribution < -0.4 is 10.2 Å². The third-order valence-corrected chi connectivity index (χ3v) is 5.03. The van der Waals surface area contributed by atoms with Crippen molar-refractivity contribution in [2.75, 3.05) is 13.1 Å². The molecule has 1 aliphatic heterocycles. The number of rotatable bonds is 6. The first-order valence-corrected chi connectivity index (χ1v) is 9.31. The molecule has 2 aromatic carbocycles. The van der Waals surface area contributed by atoms with Crippen LogP contribution in [0.2, 0.25) is 0 Å². The lowest BCUT2D eigenvalue weighted by Gasteiger charge is -2.15. The predicted molar refractivity (Wildman–Crippen MR) is 100 cm³/mol. The first-order valence-electron chi connectivity index (χ1n) is 9.31. The molecule has 0 saturated carbocycles. The highest BCUT2D eigenvalue weighted by molar-refractivity contribution is 5.94. The highest BCUT2D eigenvalue weighted by Crippen LogP contribution is 2.11. The number of aromatic nitrogens is 4. The van der Waals surface area contributed by atoms with E-state index in [0.717, 1.165) is 12.2 Å². The fraction of sp³-hybridized carbons (Fsp3) is 0.300. The molecule has 0 unspecified atom stereocenters. The van der Waals surface area contributed by atoms with Crippen molar-refractivity contribution >= 4 is 5.91 Å². The van der Waals surface area contributed by atoms with E-state index in [4.69, 9.17) is 0 Å². The SMILES string of the molecule is O=C(NCc1ccccc1C[NH+]1CCCC1)c1cccc(-n2cnnn2)c1. The van der Waals surface area contributed by atoms with Crippen molar-refractivity contribution in [3.63, 3.8) is 0 Å². The van der Waals surface area contributed by atoms with Crippen LogP contribution in [0.1, 0.15) is 34.3 Å². The van der Waals surface area contributed by atoms with Gasteiger partial charge in [0.2, 0.25) is 0 Å². The Bertz CT molecular complexity index is 902. The Morgan fingerprint density at radius 1 is 1.07 bits per heavy atom. The van der Waals surface area contributed by atoms with Crippen molar-refractivity contribution in [3.8, 4) is 5.69 Å². The fourth-order valence-corrected chi connectivity index (χ4v) is 3.57. The molecule has 1 aromatic heterocycles. The number of benzene rings is 2. The Kier molecular flexibility index (Phi) is 5.20. The van der Waals surface area contributed by atoms with Crippen LogP contribution in [0.25, 0.3) is 5.69 Å². The van der Waals surface area contributed by atoms with E-state index in [2.05, 4.69) is 39.0 Å². The van der Waals surface area contributed by atoms with Gasteiger partial charge in [-0.1, -0.05) is 30.3 Å². The summed E-state index contributed by atoms with van der Waals surface area (Å²) >= 11 is 0. The minimum absolute atomic E-state index is 0.103. The van der Waals surface area contributed by atoms with Gasteiger partial charge in [0.05, 0.1) is 18.8 Å². The van der Waals surface area contributed by atoms with Crippen LogP contribution in [0.3, 0.4) is 0 Å². The van der Waals surface area contributed by atoms with Gasteiger partial charge >= 0.3 is 0 Å². The number of nitrogens with one attached hydrogen (secondary N) is 2. The van der Waals surface area contributed by atoms with Crippen molar-refractivity contribution in [2.24, 2.45) is 0 Å². The quantitative estimate of drug-likeness (QED) is 0.678. The topological polar surface area (TPSA) is 77.1 Å². The summed E-state index contributed by atoms with van der Waals surface area (Å²) in [5, 5.41) is 14.2. The number of amides is 1. The minimum Gasteiger partial charge on any atom is -0.348 e. The Morgan fingerprint density at radius 2 is 1.89 bits per heavy atom. The van der Waals surface area contributed by atoms with E-state index in [1.807, 2.05) is 18.2 Å². The molecule has 2 N–H and O–H groups in total. The van der Waals surface area contributed by atoms with Crippen LogP contribution in [0.5, 0.6) is 0 Å². The molecule has 1 aliphatic rings. The van der Waals surface area contributed by atoms with Crippen molar-refractivity contribution < 1.29 is 9.69 Å². The van der Waals surface area contributed by atoms with Crippen LogP contribution >= 0.6 is 0 Å². The first-order chi connectivity index (χ1) is 13.3. The van der Waals surface area contributed by atoms with E-state index < -0.39 is 0 Å². The molecule has 7 heteroatoms. The van der Waals surface area contributed by atoms with Gasteiger partial charge in [0.1, 0.15) is 12.9 Å². The molecule has 0 bridgehead atoms. The summed E-state index contributed by atoms with van der Waals surface area (Å²) in [7, 11) is 0. The number of nitrogens with zero attached hydrogens (tertiary/aromatic N) is 4. The maximum Gasteiger partial charge on any atom is 0.251 e. The van der Waals surface area contributed by atoms with Gasteiger partial charge in [-0.3, -0.25) is 4.79 Å². The molecule has 0 radical (unpaired) electrons. The Balaban J connectivity index is 1.43. The van der Waals surface area contributed by atoms with Gasteiger partial charge in [-0.25, -0.2) is 4.68 Å². The molecule has 0 atom stereocenters. The smallest absolute Gasteiger partial charge is 0.251 e. The zero-order valence-corrected chi connectivity index (χ0v) is 15.1.